The van der Waals surface area contributed by atoms with Gasteiger partial charge in [-0.1, -0.05) is 115 Å². The molecule has 0 aromatic heterocycles. The third-order valence-electron chi connectivity index (χ3n) is 7.10. The van der Waals surface area contributed by atoms with Gasteiger partial charge in [0, 0.05) is 34.6 Å². The first-order chi connectivity index (χ1) is 21.9. The minimum absolute atomic E-state index is 0.0136. The molecule has 7 nitrogen and oxygen atoms in total. The molecule has 0 aliphatic heterocycles. The SMILES string of the molecule is CC(C)CNC(=O)[C@@H](Cc1ccccc1)N(Cc1ccc(Cl)cc1Cl)C(=O)CN(c1cc(Cl)ccc1Cl)S(=O)(=O)c1ccccc1. The van der Waals surface area contributed by atoms with Gasteiger partial charge in [0.1, 0.15) is 12.6 Å². The number of amides is 2. The number of carbonyl (C=O) groups excluding carboxylic acids is 2. The zero-order valence-corrected chi connectivity index (χ0v) is 29.0. The van der Waals surface area contributed by atoms with E-state index in [1.54, 1.807) is 36.4 Å². The Labute approximate surface area is 290 Å². The molecule has 12 heteroatoms. The van der Waals surface area contributed by atoms with Gasteiger partial charge in [-0.05, 0) is 59.5 Å². The third kappa shape index (κ3) is 9.17. The molecule has 0 aliphatic rings. The van der Waals surface area contributed by atoms with E-state index in [4.69, 9.17) is 46.4 Å². The van der Waals surface area contributed by atoms with Gasteiger partial charge in [0.15, 0.2) is 0 Å². The van der Waals surface area contributed by atoms with Gasteiger partial charge in [0.2, 0.25) is 11.8 Å². The largest absolute Gasteiger partial charge is 0.354 e. The van der Waals surface area contributed by atoms with Crippen LogP contribution in [0.1, 0.15) is 25.0 Å². The molecule has 4 aromatic rings. The fourth-order valence-electron chi connectivity index (χ4n) is 4.72. The molecule has 1 N–H and O–H groups in total. The van der Waals surface area contributed by atoms with E-state index >= 15 is 0 Å². The van der Waals surface area contributed by atoms with Crippen LogP contribution in [-0.4, -0.2) is 44.3 Å². The molecule has 0 heterocycles. The molecule has 0 spiro atoms. The summed E-state index contributed by atoms with van der Waals surface area (Å²) >= 11 is 25.5. The van der Waals surface area contributed by atoms with Crippen LogP contribution in [-0.2, 0) is 32.6 Å². The van der Waals surface area contributed by atoms with Crippen LogP contribution in [0.2, 0.25) is 20.1 Å². The van der Waals surface area contributed by atoms with Crippen LogP contribution in [0.3, 0.4) is 0 Å². The molecule has 0 fully saturated rings. The van der Waals surface area contributed by atoms with Gasteiger partial charge in [0.25, 0.3) is 10.0 Å². The summed E-state index contributed by atoms with van der Waals surface area (Å²) in [4.78, 5) is 29.7. The lowest BCUT2D eigenvalue weighted by Crippen LogP contribution is -2.53. The van der Waals surface area contributed by atoms with Gasteiger partial charge in [0.05, 0.1) is 15.6 Å². The predicted octanol–water partition coefficient (Wildman–Crippen LogP) is 7.91. The first-order valence-electron chi connectivity index (χ1n) is 14.4. The molecule has 0 radical (unpaired) electrons. The summed E-state index contributed by atoms with van der Waals surface area (Å²) in [6.07, 6.45) is 0.158. The van der Waals surface area contributed by atoms with Crippen molar-refractivity contribution in [3.05, 3.63) is 128 Å². The van der Waals surface area contributed by atoms with Gasteiger partial charge in [-0.2, -0.15) is 0 Å². The number of nitrogens with zero attached hydrogens (tertiary/aromatic N) is 2. The van der Waals surface area contributed by atoms with Crippen LogP contribution < -0.4 is 9.62 Å². The van der Waals surface area contributed by atoms with E-state index in [2.05, 4.69) is 5.32 Å². The third-order valence-corrected chi connectivity index (χ3v) is 10.0. The Hall–Kier alpha value is -3.27. The Bertz CT molecular complexity index is 1770. The summed E-state index contributed by atoms with van der Waals surface area (Å²) in [5.74, 6) is -0.913. The van der Waals surface area contributed by atoms with Crippen molar-refractivity contribution in [1.82, 2.24) is 10.2 Å². The summed E-state index contributed by atoms with van der Waals surface area (Å²) in [6, 6.07) is 25.1. The molecular weight excluding hydrogens is 688 g/mol. The summed E-state index contributed by atoms with van der Waals surface area (Å²) in [6.45, 7) is 3.50. The quantitative estimate of drug-likeness (QED) is 0.152. The van der Waals surface area contributed by atoms with E-state index in [9.17, 15) is 18.0 Å². The Balaban J connectivity index is 1.84. The summed E-state index contributed by atoms with van der Waals surface area (Å²) in [5.41, 5.74) is 1.34. The second-order valence-corrected chi connectivity index (χ2v) is 14.6. The molecule has 242 valence electrons. The number of benzene rings is 4. The molecule has 0 unspecified atom stereocenters. The Kier molecular flexibility index (Phi) is 12.4. The fourth-order valence-corrected chi connectivity index (χ4v) is 7.07. The van der Waals surface area contributed by atoms with Gasteiger partial charge < -0.3 is 10.2 Å². The van der Waals surface area contributed by atoms with Crippen LogP contribution >= 0.6 is 46.4 Å². The van der Waals surface area contributed by atoms with Crippen LogP contribution in [0, 0.1) is 5.92 Å². The van der Waals surface area contributed by atoms with Gasteiger partial charge >= 0.3 is 0 Å². The zero-order valence-electron chi connectivity index (χ0n) is 25.2. The van der Waals surface area contributed by atoms with Gasteiger partial charge in [-0.25, -0.2) is 8.42 Å². The Morgan fingerprint density at radius 3 is 2.02 bits per heavy atom. The van der Waals surface area contributed by atoms with Crippen LogP contribution in [0.25, 0.3) is 0 Å². The van der Waals surface area contributed by atoms with Crippen molar-refractivity contribution < 1.29 is 18.0 Å². The number of carbonyl (C=O) groups is 2. The van der Waals surface area contributed by atoms with Crippen molar-refractivity contribution in [2.75, 3.05) is 17.4 Å². The van der Waals surface area contributed by atoms with E-state index in [1.165, 1.54) is 35.2 Å². The normalized spacial score (nSPS) is 12.1. The van der Waals surface area contributed by atoms with Crippen molar-refractivity contribution in [1.29, 1.82) is 0 Å². The highest BCUT2D eigenvalue weighted by Gasteiger charge is 2.35. The van der Waals surface area contributed by atoms with Crippen molar-refractivity contribution in [2.24, 2.45) is 5.92 Å². The average Bonchev–Trinajstić information content (AvgIpc) is 3.03. The first-order valence-corrected chi connectivity index (χ1v) is 17.4. The second kappa shape index (κ2) is 16.0. The lowest BCUT2D eigenvalue weighted by molar-refractivity contribution is -0.140. The predicted molar refractivity (Wildman–Crippen MR) is 186 cm³/mol. The maximum Gasteiger partial charge on any atom is 0.264 e. The fraction of sp³-hybridized carbons (Fsp3) is 0.235. The smallest absolute Gasteiger partial charge is 0.264 e. The monoisotopic (exact) mass is 719 g/mol. The van der Waals surface area contributed by atoms with Crippen LogP contribution in [0.5, 0.6) is 0 Å². The lowest BCUT2D eigenvalue weighted by atomic mass is 10.0. The topological polar surface area (TPSA) is 86.8 Å². The zero-order chi connectivity index (χ0) is 33.4. The van der Waals surface area contributed by atoms with Crippen molar-refractivity contribution in [2.45, 2.75) is 37.8 Å². The van der Waals surface area contributed by atoms with Crippen molar-refractivity contribution in [3.63, 3.8) is 0 Å². The maximum absolute atomic E-state index is 14.6. The van der Waals surface area contributed by atoms with Gasteiger partial charge in [-0.3, -0.25) is 13.9 Å². The second-order valence-electron chi connectivity index (χ2n) is 11.0. The highest BCUT2D eigenvalue weighted by Crippen LogP contribution is 2.33. The molecular formula is C34H33Cl4N3O4S. The highest BCUT2D eigenvalue weighted by molar-refractivity contribution is 7.92. The average molecular weight is 722 g/mol. The highest BCUT2D eigenvalue weighted by atomic mass is 35.5. The lowest BCUT2D eigenvalue weighted by Gasteiger charge is -2.34. The summed E-state index contributed by atoms with van der Waals surface area (Å²) in [7, 11) is -4.34. The van der Waals surface area contributed by atoms with Crippen molar-refractivity contribution >= 4 is 73.9 Å². The van der Waals surface area contributed by atoms with E-state index in [1.807, 2.05) is 44.2 Å². The number of anilines is 1. The van der Waals surface area contributed by atoms with Gasteiger partial charge in [-0.15, -0.1) is 0 Å². The standard InChI is InChI=1S/C34H33Cl4N3O4S/c1-23(2)20-39-34(43)32(17-24-9-5-3-6-10-24)40(21-25-13-14-26(35)18-30(25)38)33(42)22-41(31-19-27(36)15-16-29(31)37)46(44,45)28-11-7-4-8-12-28/h3-16,18-19,23,32H,17,20-22H2,1-2H3,(H,39,43)/t32-/m1/s1. The van der Waals surface area contributed by atoms with Crippen molar-refractivity contribution in [3.8, 4) is 0 Å². The molecule has 0 aliphatic carbocycles. The minimum Gasteiger partial charge on any atom is -0.354 e. The van der Waals surface area contributed by atoms with E-state index < -0.39 is 34.4 Å². The maximum atomic E-state index is 14.6. The number of rotatable bonds is 13. The van der Waals surface area contributed by atoms with E-state index in [-0.39, 0.29) is 44.5 Å². The number of hydrogen-bond donors (Lipinski definition) is 1. The molecule has 46 heavy (non-hydrogen) atoms. The minimum atomic E-state index is -4.34. The molecule has 0 saturated carbocycles. The number of nitrogens with one attached hydrogen (secondary N) is 1. The van der Waals surface area contributed by atoms with E-state index in [0.29, 0.717) is 17.1 Å². The molecule has 4 aromatic carbocycles. The van der Waals surface area contributed by atoms with E-state index in [0.717, 1.165) is 9.87 Å². The molecule has 2 amide bonds. The Morgan fingerprint density at radius 2 is 1.39 bits per heavy atom. The summed E-state index contributed by atoms with van der Waals surface area (Å²) in [5, 5.41) is 3.93. The number of sulfonamides is 1. The number of halogens is 4. The molecule has 0 saturated heterocycles. The molecule has 1 atom stereocenters. The molecule has 0 bridgehead atoms. The Morgan fingerprint density at radius 1 is 0.783 bits per heavy atom. The molecule has 4 rings (SSSR count). The number of hydrogen-bond acceptors (Lipinski definition) is 4. The first kappa shape index (κ1) is 35.6. The van der Waals surface area contributed by atoms with Crippen LogP contribution in [0.15, 0.2) is 102 Å². The van der Waals surface area contributed by atoms with Crippen LogP contribution in [0.4, 0.5) is 5.69 Å². The summed E-state index contributed by atoms with van der Waals surface area (Å²) < 4.78 is 29.1.